The van der Waals surface area contributed by atoms with Gasteiger partial charge in [-0.1, -0.05) is 210 Å². The number of carbonyl (C=O) groups excluding carboxylic acids is 1. The monoisotopic (exact) mass is 881 g/mol. The van der Waals surface area contributed by atoms with Crippen LogP contribution in [-0.4, -0.2) is 75.6 Å². The Labute approximate surface area is 378 Å². The number of hydrogen-bond acceptors (Lipinski definition) is 6. The van der Waals surface area contributed by atoms with Gasteiger partial charge in [-0.2, -0.15) is 0 Å². The van der Waals surface area contributed by atoms with Gasteiger partial charge in [-0.25, -0.2) is 4.57 Å². The van der Waals surface area contributed by atoms with E-state index in [1.807, 2.05) is 21.1 Å². The standard InChI is InChI=1S/C52H98NO7P/c1-6-8-10-12-14-16-18-20-22-24-26-27-28-29-31-33-35-37-39-41-43-45-52(54)60-51(50-59-61(55,56)58-48-46-53(3,4)5)49-57-47-44-42-40-38-36-34-32-30-25-23-21-19-17-15-13-11-9-7-2/h8,10,14,16,20,22,26-27,51H,6-7,9,11-13,15,17-19,21,23-25,28-50H2,1-5H3/p+1/b10-8-,16-14-,22-20-,27-26-. The number of carbonyl (C=O) groups is 1. The summed E-state index contributed by atoms with van der Waals surface area (Å²) in [6.45, 7) is 5.53. The van der Waals surface area contributed by atoms with Crippen LogP contribution in [0.2, 0.25) is 0 Å². The number of rotatable bonds is 47. The molecule has 0 rings (SSSR count). The van der Waals surface area contributed by atoms with Crippen molar-refractivity contribution < 1.29 is 37.3 Å². The van der Waals surface area contributed by atoms with Crippen LogP contribution in [0.4, 0.5) is 0 Å². The minimum Gasteiger partial charge on any atom is -0.457 e. The fourth-order valence-corrected chi connectivity index (χ4v) is 7.76. The molecule has 358 valence electrons. The summed E-state index contributed by atoms with van der Waals surface area (Å²) in [7, 11) is 1.67. The van der Waals surface area contributed by atoms with Crippen LogP contribution in [0.15, 0.2) is 48.6 Å². The van der Waals surface area contributed by atoms with Gasteiger partial charge in [0.05, 0.1) is 34.4 Å². The molecule has 0 fully saturated rings. The molecule has 0 bridgehead atoms. The van der Waals surface area contributed by atoms with Gasteiger partial charge in [-0.3, -0.25) is 13.8 Å². The van der Waals surface area contributed by atoms with Crippen LogP contribution in [-0.2, 0) is 27.9 Å². The third-order valence-electron chi connectivity index (χ3n) is 10.9. The van der Waals surface area contributed by atoms with Crippen molar-refractivity contribution in [3.05, 3.63) is 48.6 Å². The highest BCUT2D eigenvalue weighted by atomic mass is 31.2. The van der Waals surface area contributed by atoms with E-state index in [2.05, 4.69) is 62.5 Å². The largest absolute Gasteiger partial charge is 0.472 e. The lowest BCUT2D eigenvalue weighted by Gasteiger charge is -2.24. The van der Waals surface area contributed by atoms with Crippen molar-refractivity contribution in [3.8, 4) is 0 Å². The van der Waals surface area contributed by atoms with Crippen molar-refractivity contribution in [1.29, 1.82) is 0 Å². The molecular weight excluding hydrogens is 782 g/mol. The fraction of sp³-hybridized carbons (Fsp3) is 0.827. The zero-order valence-corrected chi connectivity index (χ0v) is 41.5. The number of likely N-dealkylation sites (N-methyl/N-ethyl adjacent to an activating group) is 1. The molecule has 0 aliphatic rings. The van der Waals surface area contributed by atoms with E-state index in [1.165, 1.54) is 135 Å². The molecule has 61 heavy (non-hydrogen) atoms. The molecule has 0 aliphatic heterocycles. The van der Waals surface area contributed by atoms with Gasteiger partial charge in [0.25, 0.3) is 0 Å². The third-order valence-corrected chi connectivity index (χ3v) is 11.9. The van der Waals surface area contributed by atoms with E-state index in [4.69, 9.17) is 18.5 Å². The lowest BCUT2D eigenvalue weighted by atomic mass is 10.0. The van der Waals surface area contributed by atoms with Crippen LogP contribution in [0.1, 0.15) is 219 Å². The van der Waals surface area contributed by atoms with Crippen LogP contribution in [0, 0.1) is 0 Å². The summed E-state index contributed by atoms with van der Waals surface area (Å²) in [4.78, 5) is 23.0. The first-order valence-corrected chi connectivity index (χ1v) is 26.9. The minimum absolute atomic E-state index is 0.0869. The number of ether oxygens (including phenoxy) is 2. The van der Waals surface area contributed by atoms with Gasteiger partial charge >= 0.3 is 13.8 Å². The molecule has 9 heteroatoms. The molecule has 0 amide bonds. The molecule has 0 saturated heterocycles. The summed E-state index contributed by atoms with van der Waals surface area (Å²) in [6.07, 6.45) is 55.8. The topological polar surface area (TPSA) is 91.3 Å². The molecule has 0 aliphatic carbocycles. The third kappa shape index (κ3) is 49.3. The summed E-state index contributed by atoms with van der Waals surface area (Å²) >= 11 is 0. The summed E-state index contributed by atoms with van der Waals surface area (Å²) < 4.78 is 35.1. The van der Waals surface area contributed by atoms with Gasteiger partial charge in [0.2, 0.25) is 0 Å². The average molecular weight is 881 g/mol. The molecule has 0 aromatic heterocycles. The molecule has 0 aromatic carbocycles. The Morgan fingerprint density at radius 3 is 1.43 bits per heavy atom. The van der Waals surface area contributed by atoms with Crippen LogP contribution >= 0.6 is 7.82 Å². The molecule has 0 heterocycles. The first-order chi connectivity index (χ1) is 29.6. The molecule has 0 radical (unpaired) electrons. The van der Waals surface area contributed by atoms with Crippen LogP contribution in [0.5, 0.6) is 0 Å². The Hall–Kier alpha value is -1.54. The molecule has 0 saturated carbocycles. The maximum absolute atomic E-state index is 12.8. The molecular formula is C52H99NO7P+. The number of phosphoric acid groups is 1. The molecule has 1 N–H and O–H groups in total. The number of nitrogens with zero attached hydrogens (tertiary/aromatic N) is 1. The number of quaternary nitrogens is 1. The Kier molecular flexibility index (Phi) is 43.9. The van der Waals surface area contributed by atoms with E-state index in [0.29, 0.717) is 24.1 Å². The van der Waals surface area contributed by atoms with Crippen LogP contribution < -0.4 is 0 Å². The normalized spacial score (nSPS) is 14.0. The van der Waals surface area contributed by atoms with Crippen LogP contribution in [0.3, 0.4) is 0 Å². The van der Waals surface area contributed by atoms with E-state index >= 15 is 0 Å². The van der Waals surface area contributed by atoms with Crippen molar-refractivity contribution in [2.45, 2.75) is 225 Å². The average Bonchev–Trinajstić information content (AvgIpc) is 3.22. The van der Waals surface area contributed by atoms with Gasteiger partial charge in [-0.15, -0.1) is 0 Å². The zero-order valence-electron chi connectivity index (χ0n) is 40.7. The summed E-state index contributed by atoms with van der Waals surface area (Å²) in [5.74, 6) is -0.320. The number of hydrogen-bond donors (Lipinski definition) is 1. The number of phosphoric ester groups is 1. The highest BCUT2D eigenvalue weighted by Crippen LogP contribution is 2.43. The van der Waals surface area contributed by atoms with Gasteiger partial charge in [0.1, 0.15) is 19.3 Å². The molecule has 2 unspecified atom stereocenters. The van der Waals surface area contributed by atoms with Gasteiger partial charge in [-0.05, 0) is 51.4 Å². The minimum atomic E-state index is -4.28. The molecule has 0 spiro atoms. The Morgan fingerprint density at radius 2 is 0.951 bits per heavy atom. The summed E-state index contributed by atoms with van der Waals surface area (Å²) in [6, 6.07) is 0. The number of unbranched alkanes of at least 4 members (excludes halogenated alkanes) is 25. The highest BCUT2D eigenvalue weighted by Gasteiger charge is 2.26. The second-order valence-corrected chi connectivity index (χ2v) is 19.6. The van der Waals surface area contributed by atoms with Crippen molar-refractivity contribution in [3.63, 3.8) is 0 Å². The first-order valence-electron chi connectivity index (χ1n) is 25.4. The van der Waals surface area contributed by atoms with Gasteiger partial charge < -0.3 is 18.9 Å². The Bertz CT molecular complexity index is 1120. The molecule has 8 nitrogen and oxygen atoms in total. The summed E-state index contributed by atoms with van der Waals surface area (Å²) in [5.41, 5.74) is 0. The Balaban J connectivity index is 4.15. The van der Waals surface area contributed by atoms with Crippen molar-refractivity contribution in [1.82, 2.24) is 0 Å². The SMILES string of the molecule is CC/C=C\C/C=C\C/C=C\C/C=C\CCCCCCCCCCC(=O)OC(COCCCCCCCCCCCCCCCCCCCC)COP(=O)(O)OCC[N+](C)(C)C. The number of esters is 1. The van der Waals surface area contributed by atoms with Crippen LogP contribution in [0.25, 0.3) is 0 Å². The van der Waals surface area contributed by atoms with E-state index in [0.717, 1.165) is 64.2 Å². The maximum atomic E-state index is 12.8. The highest BCUT2D eigenvalue weighted by molar-refractivity contribution is 7.47. The zero-order chi connectivity index (χ0) is 44.8. The molecule has 0 aromatic rings. The van der Waals surface area contributed by atoms with Crippen molar-refractivity contribution >= 4 is 13.8 Å². The second kappa shape index (κ2) is 45.0. The fourth-order valence-electron chi connectivity index (χ4n) is 7.02. The van der Waals surface area contributed by atoms with Crippen molar-refractivity contribution in [2.24, 2.45) is 0 Å². The van der Waals surface area contributed by atoms with Gasteiger partial charge in [0, 0.05) is 13.0 Å². The van der Waals surface area contributed by atoms with E-state index in [9.17, 15) is 14.3 Å². The van der Waals surface area contributed by atoms with E-state index < -0.39 is 13.9 Å². The molecule has 2 atom stereocenters. The smallest absolute Gasteiger partial charge is 0.457 e. The number of allylic oxidation sites excluding steroid dienone is 8. The summed E-state index contributed by atoms with van der Waals surface area (Å²) in [5, 5.41) is 0. The maximum Gasteiger partial charge on any atom is 0.472 e. The quantitative estimate of drug-likeness (QED) is 0.0214. The van der Waals surface area contributed by atoms with Gasteiger partial charge in [0.15, 0.2) is 0 Å². The predicted octanol–water partition coefficient (Wildman–Crippen LogP) is 15.5. The predicted molar refractivity (Wildman–Crippen MR) is 261 cm³/mol. The second-order valence-electron chi connectivity index (χ2n) is 18.2. The lowest BCUT2D eigenvalue weighted by Crippen LogP contribution is -2.37. The first kappa shape index (κ1) is 59.5. The van der Waals surface area contributed by atoms with E-state index in [1.54, 1.807) is 0 Å². The lowest BCUT2D eigenvalue weighted by molar-refractivity contribution is -0.870. The van der Waals surface area contributed by atoms with E-state index in [-0.39, 0.29) is 25.8 Å². The van der Waals surface area contributed by atoms with Crippen molar-refractivity contribution in [2.75, 3.05) is 54.1 Å². The Morgan fingerprint density at radius 1 is 0.525 bits per heavy atom.